The normalized spacial score (nSPS) is 13.6. The van der Waals surface area contributed by atoms with Crippen molar-refractivity contribution in [3.8, 4) is 0 Å². The van der Waals surface area contributed by atoms with E-state index >= 15 is 0 Å². The molecule has 4 aromatic rings. The molecule has 15 heteroatoms. The van der Waals surface area contributed by atoms with Gasteiger partial charge in [0, 0.05) is 54.8 Å². The number of aromatic nitrogens is 3. The Labute approximate surface area is 270 Å². The van der Waals surface area contributed by atoms with Crippen molar-refractivity contribution in [3.63, 3.8) is 0 Å². The van der Waals surface area contributed by atoms with Crippen LogP contribution in [0, 0.1) is 0 Å². The van der Waals surface area contributed by atoms with Gasteiger partial charge >= 0.3 is 5.97 Å². The Kier molecular flexibility index (Phi) is 12.0. The van der Waals surface area contributed by atoms with Crippen molar-refractivity contribution in [2.24, 2.45) is 22.2 Å². The lowest BCUT2D eigenvalue weighted by Gasteiger charge is -2.25. The largest absolute Gasteiger partial charge is 0.480 e. The van der Waals surface area contributed by atoms with Gasteiger partial charge < -0.3 is 48.2 Å². The van der Waals surface area contributed by atoms with Crippen LogP contribution in [0.25, 0.3) is 10.9 Å². The number of H-pyrrole nitrogens is 2. The first-order valence-electron chi connectivity index (χ1n) is 15.1. The van der Waals surface area contributed by atoms with Gasteiger partial charge in [-0.1, -0.05) is 48.5 Å². The van der Waals surface area contributed by atoms with Crippen LogP contribution >= 0.6 is 0 Å². The van der Waals surface area contributed by atoms with Crippen LogP contribution in [0.5, 0.6) is 0 Å². The summed E-state index contributed by atoms with van der Waals surface area (Å²) in [6, 6.07) is 11.9. The van der Waals surface area contributed by atoms with Crippen molar-refractivity contribution in [3.05, 3.63) is 90.1 Å². The summed E-state index contributed by atoms with van der Waals surface area (Å²) in [6.07, 6.45) is 5.37. The number of nitrogens with zero attached hydrogens (tertiary/aromatic N) is 2. The van der Waals surface area contributed by atoms with E-state index in [-0.39, 0.29) is 38.2 Å². The number of aliphatic imine (C=N–C) groups is 1. The molecular formula is C32H40N10O5. The molecule has 12 N–H and O–H groups in total. The smallest absolute Gasteiger partial charge is 0.326 e. The number of carbonyl (C=O) groups excluding carboxylic acids is 3. The first-order chi connectivity index (χ1) is 22.6. The van der Waals surface area contributed by atoms with Gasteiger partial charge in [0.2, 0.25) is 17.7 Å². The monoisotopic (exact) mass is 644 g/mol. The number of carbonyl (C=O) groups is 4. The topological polar surface area (TPSA) is 259 Å². The van der Waals surface area contributed by atoms with Crippen molar-refractivity contribution in [2.75, 3.05) is 6.54 Å². The maximum absolute atomic E-state index is 13.8. The predicted octanol–water partition coefficient (Wildman–Crippen LogP) is -0.161. The minimum atomic E-state index is -1.29. The number of fused-ring (bicyclic) bond motifs is 1. The number of amides is 3. The summed E-state index contributed by atoms with van der Waals surface area (Å²) >= 11 is 0. The molecule has 0 saturated heterocycles. The molecule has 0 fully saturated rings. The second kappa shape index (κ2) is 16.6. The van der Waals surface area contributed by atoms with Crippen LogP contribution in [-0.2, 0) is 38.4 Å². The standard InChI is InChI=1S/C32H40N10O5/c33-23(15-21-17-36-18-39-21)28(43)41-26(13-19-7-2-1-3-8-19)30(45)40-25(11-6-12-37-32(34)35)29(44)42-27(31(46)47)14-20-16-38-24-10-5-4-9-22(20)24/h1-5,7-10,16-18,23,25-27,38H,6,11-15,33H2,(H,36,39)(H,40,45)(H,41,43)(H,42,44)(H,46,47)(H4,34,35,37). The van der Waals surface area contributed by atoms with Crippen LogP contribution < -0.4 is 33.2 Å². The maximum Gasteiger partial charge on any atom is 0.326 e. The Morgan fingerprint density at radius 2 is 1.51 bits per heavy atom. The van der Waals surface area contributed by atoms with E-state index in [1.807, 2.05) is 30.3 Å². The number of carboxylic acids is 1. The summed E-state index contributed by atoms with van der Waals surface area (Å²) in [5.74, 6) is -3.31. The summed E-state index contributed by atoms with van der Waals surface area (Å²) < 4.78 is 0. The SMILES string of the molecule is NC(N)=NCCCC(NC(=O)C(Cc1ccccc1)NC(=O)C(N)Cc1cnc[nH]1)C(=O)NC(Cc1c[nH]c2ccccc12)C(=O)O. The average Bonchev–Trinajstić information content (AvgIpc) is 3.72. The highest BCUT2D eigenvalue weighted by molar-refractivity contribution is 5.94. The van der Waals surface area contributed by atoms with Crippen molar-refractivity contribution >= 4 is 40.6 Å². The van der Waals surface area contributed by atoms with Crippen molar-refractivity contribution in [1.82, 2.24) is 30.9 Å². The van der Waals surface area contributed by atoms with E-state index in [0.717, 1.165) is 16.5 Å². The third kappa shape index (κ3) is 10.2. The molecule has 47 heavy (non-hydrogen) atoms. The molecule has 0 aliphatic heterocycles. The summed E-state index contributed by atoms with van der Waals surface area (Å²) in [5.41, 5.74) is 19.9. The van der Waals surface area contributed by atoms with Gasteiger partial charge in [0.1, 0.15) is 18.1 Å². The maximum atomic E-state index is 13.8. The molecule has 4 atom stereocenters. The van der Waals surface area contributed by atoms with E-state index in [1.165, 1.54) is 6.33 Å². The van der Waals surface area contributed by atoms with Crippen LogP contribution in [0.3, 0.4) is 0 Å². The fourth-order valence-corrected chi connectivity index (χ4v) is 5.10. The molecule has 0 aliphatic rings. The van der Waals surface area contributed by atoms with Crippen LogP contribution in [-0.4, -0.2) is 80.4 Å². The number of hydrogen-bond acceptors (Lipinski definition) is 7. The van der Waals surface area contributed by atoms with Gasteiger partial charge in [-0.3, -0.25) is 19.4 Å². The molecule has 2 aromatic carbocycles. The quantitative estimate of drug-likeness (QED) is 0.0419. The van der Waals surface area contributed by atoms with E-state index in [9.17, 15) is 24.3 Å². The summed E-state index contributed by atoms with van der Waals surface area (Å²) in [6.45, 7) is 0.173. The number of nitrogens with two attached hydrogens (primary N) is 3. The molecule has 0 aliphatic carbocycles. The van der Waals surface area contributed by atoms with Gasteiger partial charge in [-0.2, -0.15) is 0 Å². The number of para-hydroxylation sites is 1. The number of carboxylic acid groups (broad SMARTS) is 1. The van der Waals surface area contributed by atoms with Crippen LogP contribution in [0.1, 0.15) is 29.7 Å². The van der Waals surface area contributed by atoms with Gasteiger partial charge in [0.15, 0.2) is 5.96 Å². The first-order valence-corrected chi connectivity index (χ1v) is 15.1. The molecule has 4 rings (SSSR count). The second-order valence-electron chi connectivity index (χ2n) is 11.1. The van der Waals surface area contributed by atoms with E-state index in [4.69, 9.17) is 17.2 Å². The summed E-state index contributed by atoms with van der Waals surface area (Å²) in [4.78, 5) is 66.6. The second-order valence-corrected chi connectivity index (χ2v) is 11.1. The van der Waals surface area contributed by atoms with Crippen molar-refractivity contribution < 1.29 is 24.3 Å². The highest BCUT2D eigenvalue weighted by Crippen LogP contribution is 2.19. The zero-order valence-corrected chi connectivity index (χ0v) is 25.7. The summed E-state index contributed by atoms with van der Waals surface area (Å²) in [5, 5.41) is 18.8. The number of aliphatic carboxylic acids is 1. The molecular weight excluding hydrogens is 604 g/mol. The van der Waals surface area contributed by atoms with Gasteiger partial charge in [-0.15, -0.1) is 0 Å². The minimum absolute atomic E-state index is 0.000658. The first kappa shape index (κ1) is 34.2. The highest BCUT2D eigenvalue weighted by Gasteiger charge is 2.31. The molecule has 0 bridgehead atoms. The van der Waals surface area contributed by atoms with E-state index in [1.54, 1.807) is 36.7 Å². The van der Waals surface area contributed by atoms with Gasteiger partial charge in [0.05, 0.1) is 12.4 Å². The fourth-order valence-electron chi connectivity index (χ4n) is 5.10. The predicted molar refractivity (Wildman–Crippen MR) is 176 cm³/mol. The van der Waals surface area contributed by atoms with E-state index in [0.29, 0.717) is 17.7 Å². The van der Waals surface area contributed by atoms with Crippen molar-refractivity contribution in [2.45, 2.75) is 56.3 Å². The van der Waals surface area contributed by atoms with Crippen LogP contribution in [0.2, 0.25) is 0 Å². The van der Waals surface area contributed by atoms with E-state index < -0.39 is 47.9 Å². The lowest BCUT2D eigenvalue weighted by Crippen LogP contribution is -2.58. The Hall–Kier alpha value is -5.70. The molecule has 248 valence electrons. The number of benzene rings is 2. The Morgan fingerprint density at radius 1 is 0.830 bits per heavy atom. The molecule has 2 heterocycles. The molecule has 4 unspecified atom stereocenters. The van der Waals surface area contributed by atoms with Gasteiger partial charge in [0.25, 0.3) is 0 Å². The number of aromatic amines is 2. The number of imidazole rings is 1. The molecule has 0 radical (unpaired) electrons. The molecule has 2 aromatic heterocycles. The zero-order valence-electron chi connectivity index (χ0n) is 25.7. The van der Waals surface area contributed by atoms with Gasteiger partial charge in [-0.05, 0) is 30.0 Å². The van der Waals surface area contributed by atoms with Crippen LogP contribution in [0.4, 0.5) is 0 Å². The Morgan fingerprint density at radius 3 is 2.21 bits per heavy atom. The van der Waals surface area contributed by atoms with E-state index in [2.05, 4.69) is 35.9 Å². The fraction of sp³-hybridized carbons (Fsp3) is 0.312. The summed E-state index contributed by atoms with van der Waals surface area (Å²) in [7, 11) is 0. The average molecular weight is 645 g/mol. The zero-order chi connectivity index (χ0) is 33.8. The number of guanidine groups is 1. The van der Waals surface area contributed by atoms with Crippen LogP contribution in [0.15, 0.2) is 78.3 Å². The number of nitrogens with one attached hydrogen (secondary N) is 5. The molecule has 0 spiro atoms. The lowest BCUT2D eigenvalue weighted by molar-refractivity contribution is -0.142. The lowest BCUT2D eigenvalue weighted by atomic mass is 10.0. The third-order valence-electron chi connectivity index (χ3n) is 7.54. The molecule has 15 nitrogen and oxygen atoms in total. The Balaban J connectivity index is 1.51. The third-order valence-corrected chi connectivity index (χ3v) is 7.54. The van der Waals surface area contributed by atoms with Crippen molar-refractivity contribution in [1.29, 1.82) is 0 Å². The van der Waals surface area contributed by atoms with Gasteiger partial charge in [-0.25, -0.2) is 9.78 Å². The minimum Gasteiger partial charge on any atom is -0.480 e. The molecule has 3 amide bonds. The number of rotatable bonds is 17. The number of hydrogen-bond donors (Lipinski definition) is 9. The Bertz CT molecular complexity index is 1670. The highest BCUT2D eigenvalue weighted by atomic mass is 16.4. The molecule has 0 saturated carbocycles.